The molecule has 0 aliphatic carbocycles. The van der Waals surface area contributed by atoms with Gasteiger partial charge in [0.05, 0.1) is 0 Å². The van der Waals surface area contributed by atoms with Crippen molar-refractivity contribution >= 4 is 17.2 Å². The summed E-state index contributed by atoms with van der Waals surface area (Å²) in [4.78, 5) is 14.9. The van der Waals surface area contributed by atoms with Crippen LogP contribution in [0, 0.1) is 0 Å². The molecule has 1 aliphatic heterocycles. The Balaban J connectivity index is 1.32. The van der Waals surface area contributed by atoms with E-state index in [-0.39, 0.29) is 11.9 Å². The lowest BCUT2D eigenvalue weighted by atomic mass is 10.1. The van der Waals surface area contributed by atoms with Crippen molar-refractivity contribution in [1.82, 2.24) is 10.2 Å². The fourth-order valence-electron chi connectivity index (χ4n) is 3.45. The summed E-state index contributed by atoms with van der Waals surface area (Å²) >= 11 is 1.68. The van der Waals surface area contributed by atoms with E-state index >= 15 is 0 Å². The summed E-state index contributed by atoms with van der Waals surface area (Å²) in [6.07, 6.45) is 1.01. The molecule has 1 amide bonds. The van der Waals surface area contributed by atoms with E-state index in [2.05, 4.69) is 51.3 Å². The van der Waals surface area contributed by atoms with Crippen LogP contribution >= 0.6 is 11.3 Å². The number of carbonyl (C=O) groups excluding carboxylic acids is 1. The molecule has 1 aliphatic rings. The molecule has 3 nitrogen and oxygen atoms in total. The van der Waals surface area contributed by atoms with Gasteiger partial charge in [-0.15, -0.1) is 0 Å². The summed E-state index contributed by atoms with van der Waals surface area (Å²) in [5, 5.41) is 7.37. The molecular weight excluding hydrogens is 340 g/mol. The van der Waals surface area contributed by atoms with E-state index in [4.69, 9.17) is 0 Å². The van der Waals surface area contributed by atoms with Crippen LogP contribution in [0.15, 0.2) is 71.4 Å². The molecule has 2 aromatic carbocycles. The van der Waals surface area contributed by atoms with E-state index in [0.29, 0.717) is 0 Å². The number of hydrogen-bond donors (Lipinski definition) is 1. The highest BCUT2D eigenvalue weighted by atomic mass is 32.1. The lowest BCUT2D eigenvalue weighted by Gasteiger charge is -2.17. The number of likely N-dealkylation sites (tertiary alicyclic amines) is 1. The van der Waals surface area contributed by atoms with Crippen molar-refractivity contribution in [2.45, 2.75) is 19.0 Å². The van der Waals surface area contributed by atoms with Gasteiger partial charge < -0.3 is 5.32 Å². The highest BCUT2D eigenvalue weighted by Gasteiger charge is 2.24. The van der Waals surface area contributed by atoms with Gasteiger partial charge in [0.2, 0.25) is 0 Å². The first-order chi connectivity index (χ1) is 12.8. The first-order valence-corrected chi connectivity index (χ1v) is 9.92. The molecule has 1 fully saturated rings. The van der Waals surface area contributed by atoms with E-state index in [0.717, 1.165) is 37.2 Å². The Bertz CT molecular complexity index is 844. The zero-order valence-corrected chi connectivity index (χ0v) is 15.4. The van der Waals surface area contributed by atoms with Crippen molar-refractivity contribution in [1.29, 1.82) is 0 Å². The number of nitrogens with one attached hydrogen (secondary N) is 1. The predicted molar refractivity (Wildman–Crippen MR) is 107 cm³/mol. The molecule has 0 bridgehead atoms. The molecule has 4 rings (SSSR count). The highest BCUT2D eigenvalue weighted by molar-refractivity contribution is 7.08. The lowest BCUT2D eigenvalue weighted by Crippen LogP contribution is -2.36. The van der Waals surface area contributed by atoms with Gasteiger partial charge in [0, 0.05) is 31.2 Å². The van der Waals surface area contributed by atoms with Gasteiger partial charge in [0.15, 0.2) is 0 Å². The Morgan fingerprint density at radius 3 is 2.58 bits per heavy atom. The maximum Gasteiger partial charge on any atom is 0.251 e. The van der Waals surface area contributed by atoms with Crippen LogP contribution in [-0.2, 0) is 6.54 Å². The molecule has 0 saturated carbocycles. The number of carbonyl (C=O) groups is 1. The zero-order valence-electron chi connectivity index (χ0n) is 14.6. The number of rotatable bonds is 5. The summed E-state index contributed by atoms with van der Waals surface area (Å²) in [5.41, 5.74) is 4.40. The summed E-state index contributed by atoms with van der Waals surface area (Å²) in [6, 6.07) is 20.7. The van der Waals surface area contributed by atoms with Gasteiger partial charge in [0.1, 0.15) is 0 Å². The Hall–Kier alpha value is -2.43. The van der Waals surface area contributed by atoms with Crippen LogP contribution in [0.4, 0.5) is 0 Å². The van der Waals surface area contributed by atoms with Crippen LogP contribution in [0.5, 0.6) is 0 Å². The predicted octanol–water partition coefficient (Wildman–Crippen LogP) is 4.42. The molecule has 3 aromatic rings. The van der Waals surface area contributed by atoms with E-state index < -0.39 is 0 Å². The third kappa shape index (κ3) is 4.03. The quantitative estimate of drug-likeness (QED) is 0.729. The zero-order chi connectivity index (χ0) is 17.8. The fraction of sp³-hybridized carbons (Fsp3) is 0.227. The molecule has 2 heterocycles. The topological polar surface area (TPSA) is 32.3 Å². The van der Waals surface area contributed by atoms with Crippen molar-refractivity contribution in [3.63, 3.8) is 0 Å². The van der Waals surface area contributed by atoms with Crippen LogP contribution in [0.1, 0.15) is 22.3 Å². The number of nitrogens with zero attached hydrogens (tertiary/aromatic N) is 1. The summed E-state index contributed by atoms with van der Waals surface area (Å²) in [5.74, 6) is 0.0217. The third-order valence-electron chi connectivity index (χ3n) is 4.86. The average Bonchev–Trinajstić information content (AvgIpc) is 3.35. The fourth-order valence-corrected chi connectivity index (χ4v) is 4.11. The highest BCUT2D eigenvalue weighted by Crippen LogP contribution is 2.22. The minimum atomic E-state index is 0.0217. The minimum absolute atomic E-state index is 0.0217. The van der Waals surface area contributed by atoms with Crippen molar-refractivity contribution < 1.29 is 4.79 Å². The summed E-state index contributed by atoms with van der Waals surface area (Å²) < 4.78 is 0. The number of thiophene rings is 1. The maximum atomic E-state index is 12.5. The Kier molecular flexibility index (Phi) is 5.14. The van der Waals surface area contributed by atoms with Gasteiger partial charge in [-0.25, -0.2) is 0 Å². The molecule has 0 radical (unpaired) electrons. The largest absolute Gasteiger partial charge is 0.348 e. The second kappa shape index (κ2) is 7.85. The molecule has 1 saturated heterocycles. The number of amides is 1. The first kappa shape index (κ1) is 17.0. The van der Waals surface area contributed by atoms with Crippen molar-refractivity contribution in [2.24, 2.45) is 0 Å². The average molecular weight is 362 g/mol. The normalized spacial score (nSPS) is 17.3. The van der Waals surface area contributed by atoms with Crippen molar-refractivity contribution in [2.75, 3.05) is 13.1 Å². The first-order valence-electron chi connectivity index (χ1n) is 8.98. The molecule has 4 heteroatoms. The van der Waals surface area contributed by atoms with Gasteiger partial charge in [-0.3, -0.25) is 9.69 Å². The molecule has 1 atom stereocenters. The van der Waals surface area contributed by atoms with Gasteiger partial charge in [-0.1, -0.05) is 42.5 Å². The minimum Gasteiger partial charge on any atom is -0.348 e. The standard InChI is InChI=1S/C22H22N2OS/c25-22(19-8-6-18(7-9-19)20-11-13-26-16-20)23-21-10-12-24(15-21)14-17-4-2-1-3-5-17/h1-9,11,13,16,21H,10,12,14-15H2,(H,23,25)/t21-/m1/s1. The summed E-state index contributed by atoms with van der Waals surface area (Å²) in [6.45, 7) is 2.88. The SMILES string of the molecule is O=C(N[C@@H]1CCN(Cc2ccccc2)C1)c1ccc(-c2ccsc2)cc1. The van der Waals surface area contributed by atoms with E-state index in [9.17, 15) is 4.79 Å². The molecule has 1 aromatic heterocycles. The smallest absolute Gasteiger partial charge is 0.251 e. The van der Waals surface area contributed by atoms with Crippen molar-refractivity contribution in [3.05, 3.63) is 82.6 Å². The molecule has 26 heavy (non-hydrogen) atoms. The molecule has 0 unspecified atom stereocenters. The molecule has 0 spiro atoms. The Morgan fingerprint density at radius 1 is 1.04 bits per heavy atom. The van der Waals surface area contributed by atoms with E-state index in [1.165, 1.54) is 11.1 Å². The maximum absolute atomic E-state index is 12.5. The monoisotopic (exact) mass is 362 g/mol. The van der Waals surface area contributed by atoms with Crippen LogP contribution in [0.25, 0.3) is 11.1 Å². The van der Waals surface area contributed by atoms with Crippen LogP contribution in [0.2, 0.25) is 0 Å². The third-order valence-corrected chi connectivity index (χ3v) is 5.54. The van der Waals surface area contributed by atoms with Gasteiger partial charge >= 0.3 is 0 Å². The lowest BCUT2D eigenvalue weighted by molar-refractivity contribution is 0.0937. The van der Waals surface area contributed by atoms with Crippen molar-refractivity contribution in [3.8, 4) is 11.1 Å². The van der Waals surface area contributed by atoms with Gasteiger partial charge in [-0.2, -0.15) is 11.3 Å². The second-order valence-corrected chi connectivity index (χ2v) is 7.55. The Labute approximate surface area is 158 Å². The second-order valence-electron chi connectivity index (χ2n) is 6.77. The molecule has 1 N–H and O–H groups in total. The van der Waals surface area contributed by atoms with E-state index in [1.54, 1.807) is 11.3 Å². The molecule has 132 valence electrons. The van der Waals surface area contributed by atoms with Gasteiger partial charge in [0.25, 0.3) is 5.91 Å². The van der Waals surface area contributed by atoms with Crippen LogP contribution in [0.3, 0.4) is 0 Å². The van der Waals surface area contributed by atoms with Gasteiger partial charge in [-0.05, 0) is 52.1 Å². The molecular formula is C22H22N2OS. The number of benzene rings is 2. The van der Waals surface area contributed by atoms with E-state index in [1.807, 2.05) is 30.3 Å². The summed E-state index contributed by atoms with van der Waals surface area (Å²) in [7, 11) is 0. The van der Waals surface area contributed by atoms with Crippen LogP contribution < -0.4 is 5.32 Å². The Morgan fingerprint density at radius 2 is 1.85 bits per heavy atom. The van der Waals surface area contributed by atoms with Crippen LogP contribution in [-0.4, -0.2) is 29.9 Å². The number of hydrogen-bond acceptors (Lipinski definition) is 3.